The van der Waals surface area contributed by atoms with E-state index in [1.54, 1.807) is 31.2 Å². The Morgan fingerprint density at radius 1 is 1.11 bits per heavy atom. The molecule has 0 fully saturated rings. The molecule has 11 heteroatoms. The van der Waals surface area contributed by atoms with Crippen molar-refractivity contribution in [3.63, 3.8) is 0 Å². The van der Waals surface area contributed by atoms with E-state index in [0.717, 1.165) is 29.0 Å². The fourth-order valence-electron chi connectivity index (χ4n) is 3.38. The summed E-state index contributed by atoms with van der Waals surface area (Å²) in [5.41, 5.74) is 0.877. The summed E-state index contributed by atoms with van der Waals surface area (Å²) >= 11 is 12.1. The molecule has 0 unspecified atom stereocenters. The van der Waals surface area contributed by atoms with Crippen molar-refractivity contribution in [2.75, 3.05) is 30.8 Å². The van der Waals surface area contributed by atoms with Crippen molar-refractivity contribution in [2.45, 2.75) is 39.3 Å². The Labute approximate surface area is 217 Å². The van der Waals surface area contributed by atoms with Crippen molar-refractivity contribution in [3.05, 3.63) is 58.1 Å². The van der Waals surface area contributed by atoms with E-state index in [-0.39, 0.29) is 28.2 Å². The summed E-state index contributed by atoms with van der Waals surface area (Å²) in [7, 11) is -2.35. The first kappa shape index (κ1) is 28.7. The molecular formula is C24H31Cl2N3O5S. The van der Waals surface area contributed by atoms with Crippen LogP contribution < -0.4 is 14.4 Å². The fourth-order valence-corrected chi connectivity index (χ4v) is 4.73. The third kappa shape index (κ3) is 8.59. The summed E-state index contributed by atoms with van der Waals surface area (Å²) in [6.07, 6.45) is 2.70. The lowest BCUT2D eigenvalue weighted by Crippen LogP contribution is -2.51. The first-order chi connectivity index (χ1) is 16.5. The number of nitrogens with one attached hydrogen (secondary N) is 1. The first-order valence-electron chi connectivity index (χ1n) is 11.1. The van der Waals surface area contributed by atoms with Gasteiger partial charge >= 0.3 is 0 Å². The van der Waals surface area contributed by atoms with E-state index in [1.165, 1.54) is 30.2 Å². The van der Waals surface area contributed by atoms with E-state index in [1.807, 2.05) is 6.92 Å². The molecule has 2 amide bonds. The van der Waals surface area contributed by atoms with Crippen LogP contribution in [0.1, 0.15) is 32.3 Å². The molecule has 0 bridgehead atoms. The van der Waals surface area contributed by atoms with Gasteiger partial charge in [-0.3, -0.25) is 13.9 Å². The van der Waals surface area contributed by atoms with Crippen molar-refractivity contribution >= 4 is 50.7 Å². The monoisotopic (exact) mass is 543 g/mol. The number of rotatable bonds is 12. The average Bonchev–Trinajstić information content (AvgIpc) is 2.79. The van der Waals surface area contributed by atoms with Gasteiger partial charge < -0.3 is 15.0 Å². The van der Waals surface area contributed by atoms with Crippen LogP contribution in [0.15, 0.2) is 42.5 Å². The zero-order valence-corrected chi connectivity index (χ0v) is 22.6. The third-order valence-corrected chi connectivity index (χ3v) is 6.88. The van der Waals surface area contributed by atoms with Gasteiger partial charge in [0.2, 0.25) is 21.8 Å². The fraction of sp³-hybridized carbons (Fsp3) is 0.417. The normalized spacial score (nSPS) is 12.1. The van der Waals surface area contributed by atoms with E-state index in [4.69, 9.17) is 27.9 Å². The van der Waals surface area contributed by atoms with Gasteiger partial charge in [0, 0.05) is 23.1 Å². The predicted octanol–water partition coefficient (Wildman–Crippen LogP) is 4.10. The zero-order valence-electron chi connectivity index (χ0n) is 20.3. The van der Waals surface area contributed by atoms with Gasteiger partial charge in [-0.15, -0.1) is 0 Å². The highest BCUT2D eigenvalue weighted by Crippen LogP contribution is 2.27. The van der Waals surface area contributed by atoms with Gasteiger partial charge in [0.05, 0.1) is 19.1 Å². The van der Waals surface area contributed by atoms with Gasteiger partial charge in [-0.25, -0.2) is 8.42 Å². The van der Waals surface area contributed by atoms with Crippen LogP contribution in [0.3, 0.4) is 0 Å². The minimum Gasteiger partial charge on any atom is -0.497 e. The summed E-state index contributed by atoms with van der Waals surface area (Å²) < 4.78 is 31.4. The Balaban J connectivity index is 2.39. The van der Waals surface area contributed by atoms with Crippen LogP contribution >= 0.6 is 23.2 Å². The number of hydrogen-bond donors (Lipinski definition) is 1. The standard InChI is InChI=1S/C24H31Cl2N3O5S/c1-5-6-10-27-24(31)17(2)28(15-18-8-7-9-22(11-18)34-3)23(30)16-29(35(4,32)33)21-13-19(25)12-20(26)14-21/h7-9,11-14,17H,5-6,10,15-16H2,1-4H3,(H,27,31)/t17-/m1/s1. The Morgan fingerprint density at radius 2 is 1.77 bits per heavy atom. The van der Waals surface area contributed by atoms with Crippen LogP contribution in [0.5, 0.6) is 5.75 Å². The number of nitrogens with zero attached hydrogens (tertiary/aromatic N) is 2. The maximum atomic E-state index is 13.5. The van der Waals surface area contributed by atoms with Crippen molar-refractivity contribution in [1.82, 2.24) is 10.2 Å². The molecular weight excluding hydrogens is 513 g/mol. The number of halogens is 2. The summed E-state index contributed by atoms with van der Waals surface area (Å²) in [5, 5.41) is 3.29. The summed E-state index contributed by atoms with van der Waals surface area (Å²) in [6, 6.07) is 10.5. The Kier molecular flexibility index (Phi) is 10.7. The van der Waals surface area contributed by atoms with Gasteiger partial charge in [-0.05, 0) is 49.2 Å². The Hall–Kier alpha value is -2.49. The number of carbonyl (C=O) groups excluding carboxylic acids is 2. The second kappa shape index (κ2) is 13.0. The zero-order chi connectivity index (χ0) is 26.2. The highest BCUT2D eigenvalue weighted by Gasteiger charge is 2.30. The van der Waals surface area contributed by atoms with Gasteiger partial charge in [0.15, 0.2) is 0 Å². The molecule has 0 saturated heterocycles. The van der Waals surface area contributed by atoms with Crippen molar-refractivity contribution in [3.8, 4) is 5.75 Å². The van der Waals surface area contributed by atoms with Gasteiger partial charge in [-0.1, -0.05) is 48.7 Å². The SMILES string of the molecule is CCCCNC(=O)[C@@H](C)N(Cc1cccc(OC)c1)C(=O)CN(c1cc(Cl)cc(Cl)c1)S(C)(=O)=O. The first-order valence-corrected chi connectivity index (χ1v) is 13.7. The van der Waals surface area contributed by atoms with Gasteiger partial charge in [-0.2, -0.15) is 0 Å². The molecule has 0 radical (unpaired) electrons. The second-order valence-corrected chi connectivity index (χ2v) is 10.9. The lowest BCUT2D eigenvalue weighted by molar-refractivity contribution is -0.139. The summed E-state index contributed by atoms with van der Waals surface area (Å²) in [5.74, 6) is -0.292. The number of unbranched alkanes of at least 4 members (excludes halogenated alkanes) is 1. The molecule has 35 heavy (non-hydrogen) atoms. The molecule has 8 nitrogen and oxygen atoms in total. The van der Waals surface area contributed by atoms with E-state index >= 15 is 0 Å². The van der Waals surface area contributed by atoms with E-state index in [9.17, 15) is 18.0 Å². The number of amides is 2. The number of sulfonamides is 1. The minimum atomic E-state index is -3.88. The van der Waals surface area contributed by atoms with E-state index in [2.05, 4.69) is 5.32 Å². The molecule has 2 aromatic rings. The maximum Gasteiger partial charge on any atom is 0.244 e. The maximum absolute atomic E-state index is 13.5. The second-order valence-electron chi connectivity index (χ2n) is 8.09. The molecule has 192 valence electrons. The summed E-state index contributed by atoms with van der Waals surface area (Å²) in [4.78, 5) is 27.7. The van der Waals surface area contributed by atoms with Crippen LogP contribution in [0.25, 0.3) is 0 Å². The number of methoxy groups -OCH3 is 1. The minimum absolute atomic E-state index is 0.0757. The third-order valence-electron chi connectivity index (χ3n) is 5.30. The molecule has 0 aromatic heterocycles. The smallest absolute Gasteiger partial charge is 0.244 e. The highest BCUT2D eigenvalue weighted by molar-refractivity contribution is 7.92. The Bertz CT molecular complexity index is 1120. The Morgan fingerprint density at radius 3 is 2.34 bits per heavy atom. The highest BCUT2D eigenvalue weighted by atomic mass is 35.5. The lowest BCUT2D eigenvalue weighted by Gasteiger charge is -2.31. The molecule has 1 N–H and O–H groups in total. The van der Waals surface area contributed by atoms with Crippen molar-refractivity contribution < 1.29 is 22.7 Å². The summed E-state index contributed by atoms with van der Waals surface area (Å²) in [6.45, 7) is 3.64. The lowest BCUT2D eigenvalue weighted by atomic mass is 10.1. The predicted molar refractivity (Wildman–Crippen MR) is 140 cm³/mol. The van der Waals surface area contributed by atoms with Crippen molar-refractivity contribution in [1.29, 1.82) is 0 Å². The number of anilines is 1. The largest absolute Gasteiger partial charge is 0.497 e. The molecule has 2 aromatic carbocycles. The van der Waals surface area contributed by atoms with Gasteiger partial charge in [0.25, 0.3) is 0 Å². The van der Waals surface area contributed by atoms with Crippen LogP contribution in [-0.2, 0) is 26.2 Å². The molecule has 0 spiro atoms. The van der Waals surface area contributed by atoms with Gasteiger partial charge in [0.1, 0.15) is 18.3 Å². The molecule has 1 atom stereocenters. The molecule has 0 aliphatic carbocycles. The molecule has 0 aliphatic heterocycles. The molecule has 0 heterocycles. The number of benzene rings is 2. The molecule has 2 rings (SSSR count). The van der Waals surface area contributed by atoms with Crippen LogP contribution in [-0.4, -0.2) is 57.6 Å². The number of hydrogen-bond acceptors (Lipinski definition) is 5. The van der Waals surface area contributed by atoms with Crippen LogP contribution in [0.4, 0.5) is 5.69 Å². The quantitative estimate of drug-likeness (QED) is 0.406. The van der Waals surface area contributed by atoms with Crippen LogP contribution in [0, 0.1) is 0 Å². The average molecular weight is 545 g/mol. The topological polar surface area (TPSA) is 96.0 Å². The van der Waals surface area contributed by atoms with Crippen LogP contribution in [0.2, 0.25) is 10.0 Å². The number of carbonyl (C=O) groups is 2. The van der Waals surface area contributed by atoms with E-state index < -0.39 is 28.5 Å². The molecule has 0 saturated carbocycles. The van der Waals surface area contributed by atoms with E-state index in [0.29, 0.717) is 12.3 Å². The molecule has 0 aliphatic rings. The van der Waals surface area contributed by atoms with Crippen molar-refractivity contribution in [2.24, 2.45) is 0 Å². The number of ether oxygens (including phenoxy) is 1.